The van der Waals surface area contributed by atoms with E-state index in [1.54, 1.807) is 0 Å². The zero-order chi connectivity index (χ0) is 22.5. The molecule has 0 atom stereocenters. The Balaban J connectivity index is 1.44. The fraction of sp³-hybridized carbons (Fsp3) is 0.115. The van der Waals surface area contributed by atoms with Crippen LogP contribution in [-0.4, -0.2) is 15.9 Å². The Morgan fingerprint density at radius 2 is 1.34 bits per heavy atom. The molecule has 0 aliphatic heterocycles. The van der Waals surface area contributed by atoms with Gasteiger partial charge in [0.25, 0.3) is 5.91 Å². The van der Waals surface area contributed by atoms with E-state index < -0.39 is 0 Å². The van der Waals surface area contributed by atoms with Gasteiger partial charge in [-0.1, -0.05) is 35.9 Å². The Labute approximate surface area is 187 Å². The quantitative estimate of drug-likeness (QED) is 0.347. The lowest BCUT2D eigenvalue weighted by molar-refractivity contribution is 0.102. The van der Waals surface area contributed by atoms with Crippen LogP contribution >= 0.6 is 0 Å². The van der Waals surface area contributed by atoms with E-state index in [1.165, 1.54) is 5.56 Å². The van der Waals surface area contributed by atoms with Crippen LogP contribution in [0.1, 0.15) is 27.2 Å². The van der Waals surface area contributed by atoms with Crippen molar-refractivity contribution in [3.05, 3.63) is 101 Å². The van der Waals surface area contributed by atoms with Crippen molar-refractivity contribution in [2.24, 2.45) is 0 Å². The van der Waals surface area contributed by atoms with Crippen LogP contribution in [0.4, 0.5) is 28.8 Å². The number of anilines is 5. The lowest BCUT2D eigenvalue weighted by Gasteiger charge is -2.11. The summed E-state index contributed by atoms with van der Waals surface area (Å²) >= 11 is 0. The topological polar surface area (TPSA) is 78.9 Å². The van der Waals surface area contributed by atoms with Gasteiger partial charge in [0.2, 0.25) is 5.95 Å². The summed E-state index contributed by atoms with van der Waals surface area (Å²) in [4.78, 5) is 21.5. The summed E-state index contributed by atoms with van der Waals surface area (Å²) in [5.41, 5.74) is 6.17. The molecule has 32 heavy (non-hydrogen) atoms. The first-order valence-electron chi connectivity index (χ1n) is 10.4. The maximum atomic E-state index is 12.5. The van der Waals surface area contributed by atoms with Crippen molar-refractivity contribution in [1.29, 1.82) is 0 Å². The molecule has 3 aromatic carbocycles. The molecule has 1 aromatic heterocycles. The van der Waals surface area contributed by atoms with E-state index in [9.17, 15) is 4.79 Å². The number of rotatable bonds is 6. The summed E-state index contributed by atoms with van der Waals surface area (Å²) in [6, 6.07) is 25.0. The predicted molar refractivity (Wildman–Crippen MR) is 130 cm³/mol. The molecular formula is C26H25N5O. The molecule has 0 unspecified atom stereocenters. The average molecular weight is 424 g/mol. The van der Waals surface area contributed by atoms with Gasteiger partial charge in [-0.3, -0.25) is 4.79 Å². The second-order valence-corrected chi connectivity index (χ2v) is 7.68. The van der Waals surface area contributed by atoms with Crippen LogP contribution in [0, 0.1) is 20.8 Å². The molecular weight excluding hydrogens is 398 g/mol. The highest BCUT2D eigenvalue weighted by Crippen LogP contribution is 2.21. The molecule has 1 amide bonds. The first-order valence-corrected chi connectivity index (χ1v) is 10.4. The lowest BCUT2D eigenvalue weighted by atomic mass is 10.1. The van der Waals surface area contributed by atoms with E-state index in [0.29, 0.717) is 17.3 Å². The van der Waals surface area contributed by atoms with E-state index >= 15 is 0 Å². The van der Waals surface area contributed by atoms with Crippen LogP contribution in [0.2, 0.25) is 0 Å². The van der Waals surface area contributed by atoms with Gasteiger partial charge in [-0.2, -0.15) is 4.98 Å². The lowest BCUT2D eigenvalue weighted by Crippen LogP contribution is -2.13. The van der Waals surface area contributed by atoms with Crippen LogP contribution in [0.5, 0.6) is 0 Å². The van der Waals surface area contributed by atoms with E-state index in [0.717, 1.165) is 28.3 Å². The normalized spacial score (nSPS) is 10.5. The number of nitrogens with one attached hydrogen (secondary N) is 3. The Kier molecular flexibility index (Phi) is 6.12. The smallest absolute Gasteiger partial charge is 0.255 e. The molecule has 6 nitrogen and oxygen atoms in total. The standard InChI is InChI=1S/C26H25N5O/c1-17-8-10-22(11-9-17)30-26-27-19(3)16-24(31-26)28-20-12-14-21(15-13-20)29-25(32)23-7-5-4-6-18(23)2/h4-16H,1-3H3,(H,29,32)(H2,27,28,30,31). The summed E-state index contributed by atoms with van der Waals surface area (Å²) in [5, 5.41) is 9.47. The van der Waals surface area contributed by atoms with Crippen LogP contribution in [0.15, 0.2) is 78.9 Å². The number of hydrogen-bond donors (Lipinski definition) is 3. The highest BCUT2D eigenvalue weighted by molar-refractivity contribution is 6.05. The number of nitrogens with zero attached hydrogens (tertiary/aromatic N) is 2. The second-order valence-electron chi connectivity index (χ2n) is 7.68. The van der Waals surface area contributed by atoms with Crippen LogP contribution in [-0.2, 0) is 0 Å². The van der Waals surface area contributed by atoms with Gasteiger partial charge in [0.05, 0.1) is 0 Å². The van der Waals surface area contributed by atoms with Crippen molar-refractivity contribution in [2.45, 2.75) is 20.8 Å². The van der Waals surface area contributed by atoms with Crippen molar-refractivity contribution >= 4 is 34.7 Å². The Hall–Kier alpha value is -4.19. The number of carbonyl (C=O) groups excluding carboxylic acids is 1. The van der Waals surface area contributed by atoms with Crippen molar-refractivity contribution in [1.82, 2.24) is 9.97 Å². The number of benzene rings is 3. The van der Waals surface area contributed by atoms with Crippen LogP contribution in [0.25, 0.3) is 0 Å². The first kappa shape index (κ1) is 21.1. The number of carbonyl (C=O) groups is 1. The molecule has 0 saturated heterocycles. The molecule has 0 aliphatic rings. The first-order chi connectivity index (χ1) is 15.5. The molecule has 0 aliphatic carbocycles. The summed E-state index contributed by atoms with van der Waals surface area (Å²) < 4.78 is 0. The molecule has 1 heterocycles. The summed E-state index contributed by atoms with van der Waals surface area (Å²) in [5.74, 6) is 1.09. The highest BCUT2D eigenvalue weighted by Gasteiger charge is 2.09. The van der Waals surface area contributed by atoms with Gasteiger partial charge in [0, 0.05) is 34.4 Å². The van der Waals surface area contributed by atoms with Crippen LogP contribution in [0.3, 0.4) is 0 Å². The average Bonchev–Trinajstić information content (AvgIpc) is 2.76. The van der Waals surface area contributed by atoms with Gasteiger partial charge in [-0.05, 0) is 68.8 Å². The number of amides is 1. The molecule has 0 fully saturated rings. The van der Waals surface area contributed by atoms with E-state index in [1.807, 2.05) is 99.6 Å². The number of aryl methyl sites for hydroxylation is 3. The number of aromatic nitrogens is 2. The Bertz CT molecular complexity index is 1230. The largest absolute Gasteiger partial charge is 0.340 e. The van der Waals surface area contributed by atoms with E-state index in [-0.39, 0.29) is 5.91 Å². The third-order valence-corrected chi connectivity index (χ3v) is 4.97. The SMILES string of the molecule is Cc1ccc(Nc2nc(C)cc(Nc3ccc(NC(=O)c4ccccc4C)cc3)n2)cc1. The van der Waals surface area contributed by atoms with Gasteiger partial charge >= 0.3 is 0 Å². The molecule has 0 saturated carbocycles. The third kappa shape index (κ3) is 5.29. The van der Waals surface area contributed by atoms with E-state index in [2.05, 4.69) is 25.9 Å². The molecule has 0 spiro atoms. The Morgan fingerprint density at radius 3 is 2.06 bits per heavy atom. The minimum absolute atomic E-state index is 0.123. The predicted octanol–water partition coefficient (Wildman–Crippen LogP) is 6.14. The second kappa shape index (κ2) is 9.31. The fourth-order valence-electron chi connectivity index (χ4n) is 3.27. The maximum absolute atomic E-state index is 12.5. The van der Waals surface area contributed by atoms with Crippen molar-refractivity contribution in [3.8, 4) is 0 Å². The summed E-state index contributed by atoms with van der Waals surface area (Å²) in [6.45, 7) is 5.90. The third-order valence-electron chi connectivity index (χ3n) is 4.97. The van der Waals surface area contributed by atoms with Crippen LogP contribution < -0.4 is 16.0 Å². The zero-order valence-electron chi connectivity index (χ0n) is 18.3. The fourth-order valence-corrected chi connectivity index (χ4v) is 3.27. The number of hydrogen-bond acceptors (Lipinski definition) is 5. The van der Waals surface area contributed by atoms with Gasteiger partial charge in [0.15, 0.2) is 0 Å². The maximum Gasteiger partial charge on any atom is 0.255 e. The van der Waals surface area contributed by atoms with E-state index in [4.69, 9.17) is 0 Å². The monoisotopic (exact) mass is 423 g/mol. The minimum Gasteiger partial charge on any atom is -0.340 e. The van der Waals surface area contributed by atoms with Gasteiger partial charge in [0.1, 0.15) is 5.82 Å². The zero-order valence-corrected chi connectivity index (χ0v) is 18.3. The molecule has 0 bridgehead atoms. The van der Waals surface area contributed by atoms with Gasteiger partial charge in [-0.25, -0.2) is 4.98 Å². The molecule has 3 N–H and O–H groups in total. The molecule has 0 radical (unpaired) electrons. The van der Waals surface area contributed by atoms with Crippen molar-refractivity contribution < 1.29 is 4.79 Å². The summed E-state index contributed by atoms with van der Waals surface area (Å²) in [6.07, 6.45) is 0. The molecule has 4 aromatic rings. The van der Waals surface area contributed by atoms with Crippen molar-refractivity contribution in [3.63, 3.8) is 0 Å². The summed E-state index contributed by atoms with van der Waals surface area (Å²) in [7, 11) is 0. The van der Waals surface area contributed by atoms with Gasteiger partial charge < -0.3 is 16.0 Å². The minimum atomic E-state index is -0.123. The molecule has 160 valence electrons. The highest BCUT2D eigenvalue weighted by atomic mass is 16.1. The molecule has 6 heteroatoms. The molecule has 4 rings (SSSR count). The Morgan fingerprint density at radius 1 is 0.719 bits per heavy atom. The van der Waals surface area contributed by atoms with Gasteiger partial charge in [-0.15, -0.1) is 0 Å². The van der Waals surface area contributed by atoms with Crippen molar-refractivity contribution in [2.75, 3.05) is 16.0 Å².